The number of imide groups is 1. The van der Waals surface area contributed by atoms with E-state index in [4.69, 9.17) is 37.4 Å². The van der Waals surface area contributed by atoms with Crippen LogP contribution in [0.4, 0.5) is 4.79 Å². The van der Waals surface area contributed by atoms with Crippen molar-refractivity contribution in [2.24, 2.45) is 0 Å². The van der Waals surface area contributed by atoms with E-state index >= 15 is 0 Å². The Morgan fingerprint density at radius 3 is 2.51 bits per heavy atom. The third kappa shape index (κ3) is 6.80. The molecule has 1 aliphatic heterocycles. The van der Waals surface area contributed by atoms with Gasteiger partial charge in [-0.15, -0.1) is 0 Å². The second-order valence-corrected chi connectivity index (χ2v) is 9.95. The Morgan fingerprint density at radius 1 is 0.946 bits per heavy atom. The van der Waals surface area contributed by atoms with Crippen LogP contribution in [-0.2, 0) is 11.4 Å². The molecule has 1 aliphatic rings. The fourth-order valence-corrected chi connectivity index (χ4v) is 4.97. The maximum Gasteiger partial charge on any atom is 0.293 e. The van der Waals surface area contributed by atoms with Crippen LogP contribution in [0.2, 0.25) is 10.0 Å². The average molecular weight is 558 g/mol. The van der Waals surface area contributed by atoms with E-state index in [9.17, 15) is 9.59 Å². The SMILES string of the molecule is CCOc1cc(/C=C2\SC(=O)N(CCOc3cccc(C)c3)C2=O)cc(Cl)c1OCc1ccccc1Cl. The first kappa shape index (κ1) is 26.9. The Labute approximate surface area is 230 Å². The van der Waals surface area contributed by atoms with Gasteiger partial charge in [0.05, 0.1) is 23.1 Å². The minimum atomic E-state index is -0.379. The Hall–Kier alpha value is -3.13. The van der Waals surface area contributed by atoms with Crippen molar-refractivity contribution < 1.29 is 23.8 Å². The monoisotopic (exact) mass is 557 g/mol. The standard InChI is InChI=1S/C28H25Cl2NO5S/c1-3-34-24-15-19(14-23(30)26(24)36-17-20-8-4-5-10-22(20)29)16-25-27(32)31(28(33)37-25)11-12-35-21-9-6-7-18(2)13-21/h4-10,13-16H,3,11-12,17H2,1-2H3/b25-16-. The molecule has 0 aliphatic carbocycles. The molecule has 1 heterocycles. The van der Waals surface area contributed by atoms with Gasteiger partial charge in [-0.2, -0.15) is 0 Å². The van der Waals surface area contributed by atoms with Crippen molar-refractivity contribution >= 4 is 52.2 Å². The van der Waals surface area contributed by atoms with Crippen molar-refractivity contribution in [2.45, 2.75) is 20.5 Å². The van der Waals surface area contributed by atoms with E-state index < -0.39 is 0 Å². The van der Waals surface area contributed by atoms with E-state index in [1.165, 1.54) is 4.90 Å². The van der Waals surface area contributed by atoms with Gasteiger partial charge in [0.1, 0.15) is 19.0 Å². The molecule has 6 nitrogen and oxygen atoms in total. The summed E-state index contributed by atoms with van der Waals surface area (Å²) in [5, 5.41) is 0.558. The normalized spacial score (nSPS) is 14.4. The largest absolute Gasteiger partial charge is 0.492 e. The minimum absolute atomic E-state index is 0.149. The highest BCUT2D eigenvalue weighted by molar-refractivity contribution is 8.18. The number of nitrogens with zero attached hydrogens (tertiary/aromatic N) is 1. The number of aryl methyl sites for hydroxylation is 1. The highest BCUT2D eigenvalue weighted by Gasteiger charge is 2.35. The van der Waals surface area contributed by atoms with E-state index in [1.807, 2.05) is 56.3 Å². The summed E-state index contributed by atoms with van der Waals surface area (Å²) < 4.78 is 17.4. The number of ether oxygens (including phenoxy) is 3. The third-order valence-electron chi connectivity index (χ3n) is 5.41. The predicted octanol–water partition coefficient (Wildman–Crippen LogP) is 7.39. The van der Waals surface area contributed by atoms with Gasteiger partial charge >= 0.3 is 0 Å². The summed E-state index contributed by atoms with van der Waals surface area (Å²) in [5.41, 5.74) is 2.49. The molecule has 3 aromatic carbocycles. The summed E-state index contributed by atoms with van der Waals surface area (Å²) in [6.45, 7) is 4.77. The molecule has 1 fully saturated rings. The highest BCUT2D eigenvalue weighted by Crippen LogP contribution is 2.39. The van der Waals surface area contributed by atoms with Crippen molar-refractivity contribution in [2.75, 3.05) is 19.8 Å². The molecule has 0 atom stereocenters. The molecule has 3 aromatic rings. The number of benzene rings is 3. The first-order valence-corrected chi connectivity index (χ1v) is 13.2. The van der Waals surface area contributed by atoms with E-state index in [0.717, 1.165) is 22.9 Å². The molecule has 4 rings (SSSR count). The van der Waals surface area contributed by atoms with Crippen molar-refractivity contribution in [3.8, 4) is 17.2 Å². The maximum atomic E-state index is 12.9. The molecule has 0 spiro atoms. The molecule has 0 saturated carbocycles. The smallest absolute Gasteiger partial charge is 0.293 e. The summed E-state index contributed by atoms with van der Waals surface area (Å²) in [6.07, 6.45) is 1.62. The second-order valence-electron chi connectivity index (χ2n) is 8.14. The summed E-state index contributed by atoms with van der Waals surface area (Å²) in [4.78, 5) is 26.9. The van der Waals surface area contributed by atoms with Crippen LogP contribution in [0, 0.1) is 6.92 Å². The van der Waals surface area contributed by atoms with Gasteiger partial charge in [0.25, 0.3) is 11.1 Å². The Bertz CT molecular complexity index is 1340. The van der Waals surface area contributed by atoms with Gasteiger partial charge in [0.15, 0.2) is 11.5 Å². The first-order valence-electron chi connectivity index (χ1n) is 11.6. The van der Waals surface area contributed by atoms with Gasteiger partial charge in [-0.25, -0.2) is 0 Å². The zero-order valence-corrected chi connectivity index (χ0v) is 22.7. The predicted molar refractivity (Wildman–Crippen MR) is 148 cm³/mol. The lowest BCUT2D eigenvalue weighted by Gasteiger charge is -2.15. The summed E-state index contributed by atoms with van der Waals surface area (Å²) in [6, 6.07) is 18.4. The van der Waals surface area contributed by atoms with E-state index in [0.29, 0.717) is 44.4 Å². The van der Waals surface area contributed by atoms with Gasteiger partial charge in [-0.1, -0.05) is 53.5 Å². The number of hydrogen-bond donors (Lipinski definition) is 0. The quantitative estimate of drug-likeness (QED) is 0.242. The number of carbonyl (C=O) groups is 2. The lowest BCUT2D eigenvalue weighted by Crippen LogP contribution is -2.32. The lowest BCUT2D eigenvalue weighted by molar-refractivity contribution is -0.123. The van der Waals surface area contributed by atoms with Crippen LogP contribution in [-0.4, -0.2) is 35.8 Å². The van der Waals surface area contributed by atoms with Crippen molar-refractivity contribution in [3.05, 3.63) is 92.3 Å². The fourth-order valence-electron chi connectivity index (χ4n) is 3.64. The topological polar surface area (TPSA) is 65.1 Å². The number of hydrogen-bond acceptors (Lipinski definition) is 6. The Balaban J connectivity index is 1.47. The molecule has 0 radical (unpaired) electrons. The average Bonchev–Trinajstić information content (AvgIpc) is 3.12. The Kier molecular flexibility index (Phi) is 9.03. The summed E-state index contributed by atoms with van der Waals surface area (Å²) in [5.74, 6) is 1.12. The molecule has 192 valence electrons. The van der Waals surface area contributed by atoms with E-state index in [-0.39, 0.29) is 30.9 Å². The van der Waals surface area contributed by atoms with Gasteiger partial charge in [0.2, 0.25) is 0 Å². The number of thioether (sulfide) groups is 1. The molecular formula is C28H25Cl2NO5S. The van der Waals surface area contributed by atoms with Crippen LogP contribution in [0.5, 0.6) is 17.2 Å². The van der Waals surface area contributed by atoms with Crippen LogP contribution in [0.15, 0.2) is 65.6 Å². The second kappa shape index (κ2) is 12.4. The molecule has 37 heavy (non-hydrogen) atoms. The number of carbonyl (C=O) groups excluding carboxylic acids is 2. The van der Waals surface area contributed by atoms with Crippen LogP contribution in [0.1, 0.15) is 23.6 Å². The van der Waals surface area contributed by atoms with E-state index in [2.05, 4.69) is 0 Å². The molecule has 9 heteroatoms. The van der Waals surface area contributed by atoms with Gasteiger partial charge in [-0.3, -0.25) is 14.5 Å². The zero-order chi connectivity index (χ0) is 26.4. The van der Waals surface area contributed by atoms with Gasteiger partial charge in [0, 0.05) is 10.6 Å². The van der Waals surface area contributed by atoms with Crippen LogP contribution < -0.4 is 14.2 Å². The first-order chi connectivity index (χ1) is 17.9. The number of halogens is 2. The van der Waals surface area contributed by atoms with Crippen molar-refractivity contribution in [3.63, 3.8) is 0 Å². The third-order valence-corrected chi connectivity index (χ3v) is 6.96. The van der Waals surface area contributed by atoms with Crippen molar-refractivity contribution in [1.29, 1.82) is 0 Å². The number of rotatable bonds is 10. The molecular weight excluding hydrogens is 533 g/mol. The lowest BCUT2D eigenvalue weighted by atomic mass is 10.1. The molecule has 2 amide bonds. The van der Waals surface area contributed by atoms with Crippen LogP contribution in [0.3, 0.4) is 0 Å². The molecule has 0 bridgehead atoms. The van der Waals surface area contributed by atoms with Gasteiger partial charge < -0.3 is 14.2 Å². The fraction of sp³-hybridized carbons (Fsp3) is 0.214. The zero-order valence-electron chi connectivity index (χ0n) is 20.3. The highest BCUT2D eigenvalue weighted by atomic mass is 35.5. The van der Waals surface area contributed by atoms with Crippen LogP contribution in [0.25, 0.3) is 6.08 Å². The molecule has 1 saturated heterocycles. The maximum absolute atomic E-state index is 12.9. The van der Waals surface area contributed by atoms with E-state index in [1.54, 1.807) is 24.3 Å². The minimum Gasteiger partial charge on any atom is -0.492 e. The summed E-state index contributed by atoms with van der Waals surface area (Å²) >= 11 is 13.6. The van der Waals surface area contributed by atoms with Crippen molar-refractivity contribution in [1.82, 2.24) is 4.90 Å². The molecule has 0 unspecified atom stereocenters. The van der Waals surface area contributed by atoms with Gasteiger partial charge in [-0.05, 0) is 73.1 Å². The van der Waals surface area contributed by atoms with Crippen LogP contribution >= 0.6 is 35.0 Å². The Morgan fingerprint density at radius 2 is 1.76 bits per heavy atom. The summed E-state index contributed by atoms with van der Waals surface area (Å²) in [7, 11) is 0. The molecule has 0 aromatic heterocycles. The molecule has 0 N–H and O–H groups in total. The number of amides is 2.